The Morgan fingerprint density at radius 3 is 2.56 bits per heavy atom. The number of para-hydroxylation sites is 2. The molecule has 36 heavy (non-hydrogen) atoms. The van der Waals surface area contributed by atoms with Crippen LogP contribution < -0.4 is 9.64 Å². The molecule has 2 heterocycles. The van der Waals surface area contributed by atoms with Gasteiger partial charge in [-0.05, 0) is 56.0 Å². The van der Waals surface area contributed by atoms with Crippen molar-refractivity contribution in [3.8, 4) is 17.1 Å². The van der Waals surface area contributed by atoms with Crippen LogP contribution in [0.5, 0.6) is 5.75 Å². The van der Waals surface area contributed by atoms with Gasteiger partial charge in [0.25, 0.3) is 0 Å². The van der Waals surface area contributed by atoms with Crippen molar-refractivity contribution in [3.05, 3.63) is 90.0 Å². The predicted octanol–water partition coefficient (Wildman–Crippen LogP) is 5.65. The highest BCUT2D eigenvalue weighted by molar-refractivity contribution is 8.00. The van der Waals surface area contributed by atoms with Gasteiger partial charge in [0.2, 0.25) is 5.91 Å². The molecule has 6 nitrogen and oxygen atoms in total. The quantitative estimate of drug-likeness (QED) is 0.294. The van der Waals surface area contributed by atoms with Gasteiger partial charge in [0.1, 0.15) is 5.75 Å². The van der Waals surface area contributed by atoms with Gasteiger partial charge in [0, 0.05) is 18.3 Å². The number of nitrogens with zero attached hydrogens (tertiary/aromatic N) is 4. The maximum Gasteiger partial charge on any atom is 0.240 e. The largest absolute Gasteiger partial charge is 0.496 e. The number of carbonyl (C=O) groups excluding carboxylic acids is 1. The number of rotatable bonds is 8. The lowest BCUT2D eigenvalue weighted by Crippen LogP contribution is -2.40. The zero-order chi connectivity index (χ0) is 25.1. The number of methoxy groups -OCH3 is 1. The molecule has 0 bridgehead atoms. The summed E-state index contributed by atoms with van der Waals surface area (Å²) in [4.78, 5) is 15.6. The molecule has 0 aliphatic carbocycles. The summed E-state index contributed by atoms with van der Waals surface area (Å²) in [7, 11) is 1.66. The van der Waals surface area contributed by atoms with Gasteiger partial charge in [-0.2, -0.15) is 0 Å². The number of fused-ring (bicyclic) bond motifs is 1. The van der Waals surface area contributed by atoms with E-state index in [-0.39, 0.29) is 17.2 Å². The molecule has 4 aromatic rings. The van der Waals surface area contributed by atoms with Crippen LogP contribution in [0.1, 0.15) is 25.0 Å². The van der Waals surface area contributed by atoms with Crippen LogP contribution in [0.2, 0.25) is 0 Å². The van der Waals surface area contributed by atoms with Crippen molar-refractivity contribution < 1.29 is 9.53 Å². The Labute approximate surface area is 216 Å². The van der Waals surface area contributed by atoms with Crippen LogP contribution in [0, 0.1) is 0 Å². The zero-order valence-corrected chi connectivity index (χ0v) is 21.6. The van der Waals surface area contributed by atoms with Gasteiger partial charge in [0.15, 0.2) is 11.0 Å². The SMILES string of the molecule is COc1ccccc1-c1nnc(SC(C)C(=O)N2c3ccccc3CC2C)n1CCc1ccccc1. The summed E-state index contributed by atoms with van der Waals surface area (Å²) in [5.41, 5.74) is 4.36. The molecule has 1 aliphatic heterocycles. The maximum atomic E-state index is 13.6. The highest BCUT2D eigenvalue weighted by Crippen LogP contribution is 2.36. The Kier molecular flexibility index (Phi) is 7.09. The van der Waals surface area contributed by atoms with E-state index in [2.05, 4.69) is 39.9 Å². The first-order valence-corrected chi connectivity index (χ1v) is 13.1. The molecule has 0 fully saturated rings. The highest BCUT2D eigenvalue weighted by Gasteiger charge is 2.34. The predicted molar refractivity (Wildman–Crippen MR) is 145 cm³/mol. The lowest BCUT2D eigenvalue weighted by Gasteiger charge is -2.25. The number of aryl methyl sites for hydroxylation is 1. The Morgan fingerprint density at radius 1 is 1.03 bits per heavy atom. The lowest BCUT2D eigenvalue weighted by molar-refractivity contribution is -0.118. The van der Waals surface area contributed by atoms with E-state index in [1.807, 2.05) is 72.5 Å². The lowest BCUT2D eigenvalue weighted by atomic mass is 10.1. The second-order valence-electron chi connectivity index (χ2n) is 9.04. The molecule has 184 valence electrons. The first-order chi connectivity index (χ1) is 17.6. The molecule has 3 aromatic carbocycles. The minimum atomic E-state index is -0.316. The molecule has 1 aromatic heterocycles. The molecule has 0 radical (unpaired) electrons. The average molecular weight is 499 g/mol. The molecule has 7 heteroatoms. The molecule has 5 rings (SSSR count). The zero-order valence-electron chi connectivity index (χ0n) is 20.8. The minimum absolute atomic E-state index is 0.0916. The van der Waals surface area contributed by atoms with Crippen molar-refractivity contribution in [1.82, 2.24) is 14.8 Å². The summed E-state index contributed by atoms with van der Waals surface area (Å²) in [6.07, 6.45) is 1.71. The van der Waals surface area contributed by atoms with Crippen LogP contribution >= 0.6 is 11.8 Å². The van der Waals surface area contributed by atoms with E-state index in [4.69, 9.17) is 4.74 Å². The topological polar surface area (TPSA) is 60.3 Å². The third kappa shape index (κ3) is 4.75. The van der Waals surface area contributed by atoms with E-state index in [1.165, 1.54) is 22.9 Å². The number of hydrogen-bond acceptors (Lipinski definition) is 5. The average Bonchev–Trinajstić information content (AvgIpc) is 3.46. The van der Waals surface area contributed by atoms with Gasteiger partial charge in [-0.1, -0.05) is 72.4 Å². The number of anilines is 1. The Balaban J connectivity index is 1.44. The fourth-order valence-electron chi connectivity index (χ4n) is 4.80. The summed E-state index contributed by atoms with van der Waals surface area (Å²) in [5.74, 6) is 1.58. The molecule has 0 N–H and O–H groups in total. The second-order valence-corrected chi connectivity index (χ2v) is 10.4. The summed E-state index contributed by atoms with van der Waals surface area (Å²) in [5, 5.41) is 9.51. The standard InChI is InChI=1S/C29H30N4O2S/c1-20-19-23-13-7-9-15-25(23)33(20)28(34)21(2)36-29-31-30-27(24-14-8-10-16-26(24)35-3)32(29)18-17-22-11-5-4-6-12-22/h4-16,20-21H,17-19H2,1-3H3. The molecule has 2 atom stereocenters. The molecule has 0 saturated carbocycles. The summed E-state index contributed by atoms with van der Waals surface area (Å²) in [6, 6.07) is 26.5. The molecular weight excluding hydrogens is 468 g/mol. The molecule has 2 unspecified atom stereocenters. The van der Waals surface area contributed by atoms with Crippen molar-refractivity contribution in [1.29, 1.82) is 0 Å². The third-order valence-electron chi connectivity index (χ3n) is 6.61. The monoisotopic (exact) mass is 498 g/mol. The Morgan fingerprint density at radius 2 is 1.75 bits per heavy atom. The number of ether oxygens (including phenoxy) is 1. The number of thioether (sulfide) groups is 1. The van der Waals surface area contributed by atoms with Crippen molar-refractivity contribution in [2.45, 2.75) is 49.7 Å². The van der Waals surface area contributed by atoms with Gasteiger partial charge in [0.05, 0.1) is 17.9 Å². The van der Waals surface area contributed by atoms with E-state index in [0.717, 1.165) is 40.8 Å². The van der Waals surface area contributed by atoms with Crippen LogP contribution in [0.25, 0.3) is 11.4 Å². The van der Waals surface area contributed by atoms with Gasteiger partial charge in [-0.3, -0.25) is 4.79 Å². The number of amides is 1. The van der Waals surface area contributed by atoms with Crippen molar-refractivity contribution in [2.75, 3.05) is 12.0 Å². The van der Waals surface area contributed by atoms with Crippen LogP contribution in [0.4, 0.5) is 5.69 Å². The minimum Gasteiger partial charge on any atom is -0.496 e. The summed E-state index contributed by atoms with van der Waals surface area (Å²) >= 11 is 1.46. The van der Waals surface area contributed by atoms with E-state index >= 15 is 0 Å². The highest BCUT2D eigenvalue weighted by atomic mass is 32.2. The number of benzene rings is 3. The Bertz CT molecular complexity index is 1350. The molecular formula is C29H30N4O2S. The molecule has 0 saturated heterocycles. The van der Waals surface area contributed by atoms with Crippen molar-refractivity contribution >= 4 is 23.4 Å². The fourth-order valence-corrected chi connectivity index (χ4v) is 5.72. The van der Waals surface area contributed by atoms with Gasteiger partial charge < -0.3 is 14.2 Å². The van der Waals surface area contributed by atoms with Gasteiger partial charge >= 0.3 is 0 Å². The van der Waals surface area contributed by atoms with Gasteiger partial charge in [-0.25, -0.2) is 0 Å². The van der Waals surface area contributed by atoms with Crippen LogP contribution in [0.15, 0.2) is 84.0 Å². The van der Waals surface area contributed by atoms with Crippen molar-refractivity contribution in [3.63, 3.8) is 0 Å². The number of carbonyl (C=O) groups is 1. The van der Waals surface area contributed by atoms with E-state index in [0.29, 0.717) is 6.54 Å². The van der Waals surface area contributed by atoms with Crippen molar-refractivity contribution in [2.24, 2.45) is 0 Å². The van der Waals surface area contributed by atoms with Crippen LogP contribution in [0.3, 0.4) is 0 Å². The van der Waals surface area contributed by atoms with E-state index in [1.54, 1.807) is 7.11 Å². The summed E-state index contributed by atoms with van der Waals surface area (Å²) in [6.45, 7) is 4.76. The maximum absolute atomic E-state index is 13.6. The fraction of sp³-hybridized carbons (Fsp3) is 0.276. The molecule has 0 spiro atoms. The smallest absolute Gasteiger partial charge is 0.240 e. The first-order valence-electron chi connectivity index (χ1n) is 12.2. The molecule has 1 aliphatic rings. The van der Waals surface area contributed by atoms with Gasteiger partial charge in [-0.15, -0.1) is 10.2 Å². The van der Waals surface area contributed by atoms with E-state index in [9.17, 15) is 4.79 Å². The number of hydrogen-bond donors (Lipinski definition) is 0. The summed E-state index contributed by atoms with van der Waals surface area (Å²) < 4.78 is 7.72. The van der Waals surface area contributed by atoms with Crippen LogP contribution in [-0.4, -0.2) is 39.1 Å². The molecule has 1 amide bonds. The first kappa shape index (κ1) is 24.1. The Hall–Kier alpha value is -3.58. The van der Waals surface area contributed by atoms with Crippen LogP contribution in [-0.2, 0) is 24.2 Å². The third-order valence-corrected chi connectivity index (χ3v) is 7.67. The second kappa shape index (κ2) is 10.6. The van der Waals surface area contributed by atoms with E-state index < -0.39 is 0 Å². The normalized spacial score (nSPS) is 15.5. The number of aromatic nitrogens is 3.